The summed E-state index contributed by atoms with van der Waals surface area (Å²) in [5, 5.41) is 9.31. The number of rotatable bonds is 2. The molecule has 0 aliphatic rings. The summed E-state index contributed by atoms with van der Waals surface area (Å²) in [6, 6.07) is 0. The Bertz CT molecular complexity index is 161. The molecule has 2 heteroatoms. The first-order valence-electron chi connectivity index (χ1n) is 3.26. The molecule has 0 fully saturated rings. The maximum Gasteiger partial charge on any atom is 0.152 e. The highest BCUT2D eigenvalue weighted by Gasteiger charge is 2.14. The van der Waals surface area contributed by atoms with Gasteiger partial charge in [0, 0.05) is 0 Å². The Kier molecular flexibility index (Phi) is 2.78. The van der Waals surface area contributed by atoms with Gasteiger partial charge in [0.1, 0.15) is 0 Å². The molecule has 0 saturated heterocycles. The summed E-state index contributed by atoms with van der Waals surface area (Å²) in [5.74, 6) is -0.0281. The van der Waals surface area contributed by atoms with E-state index in [1.807, 2.05) is 0 Å². The van der Waals surface area contributed by atoms with Crippen LogP contribution in [0.15, 0.2) is 11.6 Å². The van der Waals surface area contributed by atoms with Crippen LogP contribution in [0.25, 0.3) is 0 Å². The first-order chi connectivity index (χ1) is 4.34. The van der Waals surface area contributed by atoms with Gasteiger partial charge in [-0.25, -0.2) is 0 Å². The van der Waals surface area contributed by atoms with Gasteiger partial charge in [-0.1, -0.05) is 0 Å². The fourth-order valence-electron chi connectivity index (χ4n) is 0.482. The van der Waals surface area contributed by atoms with Crippen LogP contribution < -0.4 is 0 Å². The fourth-order valence-corrected chi connectivity index (χ4v) is 0.482. The molecule has 0 aromatic rings. The van der Waals surface area contributed by atoms with Crippen LogP contribution in [0, 0.1) is 0 Å². The average molecular weight is 142 g/mol. The molecule has 0 spiro atoms. The topological polar surface area (TPSA) is 37.3 Å². The molecule has 0 aromatic heterocycles. The smallest absolute Gasteiger partial charge is 0.152 e. The van der Waals surface area contributed by atoms with Crippen LogP contribution in [-0.2, 0) is 4.79 Å². The molecular formula is C8H14O2. The van der Waals surface area contributed by atoms with Gasteiger partial charge in [0.15, 0.2) is 5.78 Å². The number of carbonyl (C=O) groups excluding carboxylic acids is 1. The van der Waals surface area contributed by atoms with E-state index in [2.05, 4.69) is 0 Å². The molecular weight excluding hydrogens is 128 g/mol. The van der Waals surface area contributed by atoms with Gasteiger partial charge in [-0.15, -0.1) is 0 Å². The van der Waals surface area contributed by atoms with Gasteiger partial charge in [-0.2, -0.15) is 0 Å². The van der Waals surface area contributed by atoms with E-state index in [9.17, 15) is 9.90 Å². The molecule has 2 nitrogen and oxygen atoms in total. The second-order valence-corrected chi connectivity index (χ2v) is 3.00. The SMILES string of the molecule is CC(=O)C=C(C)C(C)(C)O. The lowest BCUT2D eigenvalue weighted by atomic mass is 9.99. The maximum atomic E-state index is 10.5. The molecule has 0 unspecified atom stereocenters. The van der Waals surface area contributed by atoms with E-state index >= 15 is 0 Å². The lowest BCUT2D eigenvalue weighted by Gasteiger charge is -2.17. The Balaban J connectivity index is 4.35. The Morgan fingerprint density at radius 3 is 1.90 bits per heavy atom. The Labute approximate surface area is 61.6 Å². The third-order valence-corrected chi connectivity index (χ3v) is 1.38. The minimum Gasteiger partial charge on any atom is -0.386 e. The van der Waals surface area contributed by atoms with E-state index < -0.39 is 5.60 Å². The van der Waals surface area contributed by atoms with Crippen LogP contribution in [0.3, 0.4) is 0 Å². The van der Waals surface area contributed by atoms with Gasteiger partial charge in [0.2, 0.25) is 0 Å². The first kappa shape index (κ1) is 9.37. The number of hydrogen-bond acceptors (Lipinski definition) is 2. The number of ketones is 1. The lowest BCUT2D eigenvalue weighted by Crippen LogP contribution is -2.20. The summed E-state index contributed by atoms with van der Waals surface area (Å²) in [6.07, 6.45) is 1.44. The molecule has 10 heavy (non-hydrogen) atoms. The molecule has 0 aliphatic heterocycles. The van der Waals surface area contributed by atoms with Gasteiger partial charge in [-0.3, -0.25) is 4.79 Å². The normalized spacial score (nSPS) is 13.5. The molecule has 0 atom stereocenters. The predicted molar refractivity (Wildman–Crippen MR) is 40.7 cm³/mol. The summed E-state index contributed by atoms with van der Waals surface area (Å²) in [4.78, 5) is 10.5. The van der Waals surface area contributed by atoms with Crippen LogP contribution in [0.5, 0.6) is 0 Å². The summed E-state index contributed by atoms with van der Waals surface area (Å²) in [5.41, 5.74) is -0.175. The minimum atomic E-state index is -0.869. The Hall–Kier alpha value is -0.630. The van der Waals surface area contributed by atoms with Crippen molar-refractivity contribution in [1.29, 1.82) is 0 Å². The Morgan fingerprint density at radius 2 is 1.80 bits per heavy atom. The maximum absolute atomic E-state index is 10.5. The summed E-state index contributed by atoms with van der Waals surface area (Å²) >= 11 is 0. The van der Waals surface area contributed by atoms with Crippen LogP contribution in [0.4, 0.5) is 0 Å². The predicted octanol–water partition coefficient (Wildman–Crippen LogP) is 1.29. The molecule has 58 valence electrons. The molecule has 0 bridgehead atoms. The van der Waals surface area contributed by atoms with E-state index in [0.29, 0.717) is 5.57 Å². The molecule has 0 aromatic carbocycles. The summed E-state index contributed by atoms with van der Waals surface area (Å²) in [6.45, 7) is 6.51. The highest BCUT2D eigenvalue weighted by atomic mass is 16.3. The van der Waals surface area contributed by atoms with Crippen molar-refractivity contribution in [2.45, 2.75) is 33.3 Å². The third-order valence-electron chi connectivity index (χ3n) is 1.38. The summed E-state index contributed by atoms with van der Waals surface area (Å²) < 4.78 is 0. The van der Waals surface area contributed by atoms with E-state index in [4.69, 9.17) is 0 Å². The Morgan fingerprint density at radius 1 is 1.40 bits per heavy atom. The largest absolute Gasteiger partial charge is 0.386 e. The first-order valence-corrected chi connectivity index (χ1v) is 3.26. The quantitative estimate of drug-likeness (QED) is 0.590. The van der Waals surface area contributed by atoms with Gasteiger partial charge < -0.3 is 5.11 Å². The van der Waals surface area contributed by atoms with E-state index in [1.165, 1.54) is 13.0 Å². The van der Waals surface area contributed by atoms with Crippen molar-refractivity contribution in [2.75, 3.05) is 0 Å². The van der Waals surface area contributed by atoms with Crippen molar-refractivity contribution < 1.29 is 9.90 Å². The number of aliphatic hydroxyl groups is 1. The number of allylic oxidation sites excluding steroid dienone is 1. The number of carbonyl (C=O) groups is 1. The van der Waals surface area contributed by atoms with Crippen molar-refractivity contribution in [3.8, 4) is 0 Å². The average Bonchev–Trinajstić information content (AvgIpc) is 1.60. The van der Waals surface area contributed by atoms with E-state index in [1.54, 1.807) is 20.8 Å². The van der Waals surface area contributed by atoms with Gasteiger partial charge in [-0.05, 0) is 39.3 Å². The van der Waals surface area contributed by atoms with Crippen molar-refractivity contribution in [3.05, 3.63) is 11.6 Å². The highest BCUT2D eigenvalue weighted by Crippen LogP contribution is 2.13. The van der Waals surface area contributed by atoms with Crippen molar-refractivity contribution >= 4 is 5.78 Å². The molecule has 0 radical (unpaired) electrons. The lowest BCUT2D eigenvalue weighted by molar-refractivity contribution is -0.112. The van der Waals surface area contributed by atoms with Crippen molar-refractivity contribution in [1.82, 2.24) is 0 Å². The minimum absolute atomic E-state index is 0.0281. The number of hydrogen-bond donors (Lipinski definition) is 1. The summed E-state index contributed by atoms with van der Waals surface area (Å²) in [7, 11) is 0. The van der Waals surface area contributed by atoms with Gasteiger partial charge >= 0.3 is 0 Å². The monoisotopic (exact) mass is 142 g/mol. The molecule has 0 aliphatic carbocycles. The third kappa shape index (κ3) is 3.41. The van der Waals surface area contributed by atoms with Gasteiger partial charge in [0.05, 0.1) is 5.60 Å². The molecule has 0 rings (SSSR count). The van der Waals surface area contributed by atoms with Crippen LogP contribution in [0.1, 0.15) is 27.7 Å². The van der Waals surface area contributed by atoms with E-state index in [0.717, 1.165) is 0 Å². The van der Waals surface area contributed by atoms with Crippen molar-refractivity contribution in [3.63, 3.8) is 0 Å². The van der Waals surface area contributed by atoms with E-state index in [-0.39, 0.29) is 5.78 Å². The van der Waals surface area contributed by atoms with Crippen molar-refractivity contribution in [2.24, 2.45) is 0 Å². The standard InChI is InChI=1S/C8H14O2/c1-6(5-7(2)9)8(3,4)10/h5,10H,1-4H3. The van der Waals surface area contributed by atoms with Gasteiger partial charge in [0.25, 0.3) is 0 Å². The highest BCUT2D eigenvalue weighted by molar-refractivity contribution is 5.88. The molecule has 0 saturated carbocycles. The second-order valence-electron chi connectivity index (χ2n) is 3.00. The van der Waals surface area contributed by atoms with Crippen LogP contribution in [0.2, 0.25) is 0 Å². The zero-order valence-electron chi connectivity index (χ0n) is 6.93. The molecule has 0 heterocycles. The zero-order valence-corrected chi connectivity index (χ0v) is 6.93. The van der Waals surface area contributed by atoms with Crippen LogP contribution in [-0.4, -0.2) is 16.5 Å². The zero-order chi connectivity index (χ0) is 8.36. The fraction of sp³-hybridized carbons (Fsp3) is 0.625. The van der Waals surface area contributed by atoms with Crippen LogP contribution >= 0.6 is 0 Å². The second kappa shape index (κ2) is 2.97. The molecule has 1 N–H and O–H groups in total. The molecule has 0 amide bonds.